The minimum absolute atomic E-state index is 0.176. The average molecular weight is 627 g/mol. The second-order valence-corrected chi connectivity index (χ2v) is 15.7. The molecule has 0 fully saturated rings. The van der Waals surface area contributed by atoms with Crippen LogP contribution in [0.5, 0.6) is 0 Å². The number of hydrogen-bond donors (Lipinski definition) is 0. The molecule has 4 aromatic carbocycles. The highest BCUT2D eigenvalue weighted by Crippen LogP contribution is 2.53. The lowest BCUT2D eigenvalue weighted by Gasteiger charge is -2.42. The topological polar surface area (TPSA) is 43.2 Å². The summed E-state index contributed by atoms with van der Waals surface area (Å²) in [5.74, 6) is 1.32. The Balaban J connectivity index is 1.50. The first-order valence-electron chi connectivity index (χ1n) is 17.0. The second-order valence-electron chi connectivity index (χ2n) is 15.7. The molecule has 0 bridgehead atoms. The smallest absolute Gasteiger partial charge is 0.194 e. The van der Waals surface area contributed by atoms with Gasteiger partial charge in [-0.25, -0.2) is 9.98 Å². The molecule has 2 aliphatic heterocycles. The molecular weight excluding hydrogens is 576 g/mol. The van der Waals surface area contributed by atoms with Crippen molar-refractivity contribution in [2.45, 2.75) is 98.9 Å². The Morgan fingerprint density at radius 3 is 0.957 bits per heavy atom. The van der Waals surface area contributed by atoms with Gasteiger partial charge in [-0.3, -0.25) is 0 Å². The number of benzene rings is 4. The van der Waals surface area contributed by atoms with Gasteiger partial charge in [0.1, 0.15) is 12.1 Å². The van der Waals surface area contributed by atoms with Crippen molar-refractivity contribution in [3.8, 4) is 0 Å². The van der Waals surface area contributed by atoms with E-state index in [1.807, 2.05) is 0 Å². The first kappa shape index (κ1) is 32.7. The summed E-state index contributed by atoms with van der Waals surface area (Å²) in [5, 5.41) is 0. The van der Waals surface area contributed by atoms with Crippen LogP contribution in [0, 0.1) is 38.5 Å². The second kappa shape index (κ2) is 11.8. The molecular formula is C43H50N2O2. The largest absolute Gasteiger partial charge is 0.462 e. The van der Waals surface area contributed by atoms with Crippen LogP contribution in [0.25, 0.3) is 0 Å². The van der Waals surface area contributed by atoms with Crippen molar-refractivity contribution in [2.75, 3.05) is 0 Å². The molecule has 0 radical (unpaired) electrons. The van der Waals surface area contributed by atoms with Gasteiger partial charge in [0.25, 0.3) is 0 Å². The lowest BCUT2D eigenvalue weighted by Crippen LogP contribution is -2.46. The number of nitrogens with zero attached hydrogens (tertiary/aromatic N) is 2. The molecule has 4 aromatic rings. The molecule has 2 aliphatic rings. The van der Waals surface area contributed by atoms with Crippen LogP contribution < -0.4 is 0 Å². The fourth-order valence-corrected chi connectivity index (χ4v) is 7.96. The van der Waals surface area contributed by atoms with Gasteiger partial charge < -0.3 is 9.47 Å². The highest BCUT2D eigenvalue weighted by atomic mass is 16.5. The predicted octanol–water partition coefficient (Wildman–Crippen LogP) is 10.2. The summed E-state index contributed by atoms with van der Waals surface area (Å²) in [6.45, 7) is 22.3. The van der Waals surface area contributed by atoms with Crippen LogP contribution in [0.4, 0.5) is 0 Å². The summed E-state index contributed by atoms with van der Waals surface area (Å²) in [7, 11) is 0. The van der Waals surface area contributed by atoms with Crippen molar-refractivity contribution in [3.05, 3.63) is 142 Å². The van der Waals surface area contributed by atoms with Crippen LogP contribution in [0.1, 0.15) is 92.5 Å². The Kier molecular flexibility index (Phi) is 8.23. The van der Waals surface area contributed by atoms with Gasteiger partial charge in [0, 0.05) is 22.3 Å². The van der Waals surface area contributed by atoms with Gasteiger partial charge in [-0.1, -0.05) is 139 Å². The van der Waals surface area contributed by atoms with Crippen LogP contribution in [0.15, 0.2) is 107 Å². The SMILES string of the molecule is Cc1ccccc1C1(c2ccccc2C)OC(CC2=N[C@H](C(C)(C)C)C(c3ccccc3C)(c3ccccc3C)O2)=N[C@@H]1C(C)(C)C. The van der Waals surface area contributed by atoms with Gasteiger partial charge in [-0.05, 0) is 60.8 Å². The maximum Gasteiger partial charge on any atom is 0.194 e. The van der Waals surface area contributed by atoms with E-state index in [9.17, 15) is 0 Å². The van der Waals surface area contributed by atoms with Gasteiger partial charge in [0.15, 0.2) is 23.0 Å². The fourth-order valence-electron chi connectivity index (χ4n) is 7.96. The summed E-state index contributed by atoms with van der Waals surface area (Å²) in [5.41, 5.74) is 7.30. The Hall–Kier alpha value is -4.18. The third kappa shape index (κ3) is 5.50. The Labute approximate surface area is 282 Å². The maximum absolute atomic E-state index is 7.32. The van der Waals surface area contributed by atoms with Crippen LogP contribution in [0.2, 0.25) is 0 Å². The zero-order chi connectivity index (χ0) is 33.8. The lowest BCUT2D eigenvalue weighted by molar-refractivity contribution is 0.0473. The molecule has 6 rings (SSSR count). The molecule has 244 valence electrons. The fraction of sp³-hybridized carbons (Fsp3) is 0.395. The number of aryl methyl sites for hydroxylation is 4. The van der Waals surface area contributed by atoms with E-state index in [-0.39, 0.29) is 22.9 Å². The standard InChI is InChI=1S/C43H50N2O2/c1-28-19-11-15-23-32(28)42(33-24-16-12-20-29(33)2)38(40(5,6)7)44-36(46-42)27-37-45-39(41(8,9)10)43(47-37,34-25-17-13-21-30(34)3)35-26-18-14-22-31(35)4/h11-26,38-39H,27H2,1-10H3/t38-,39-/m1/s1. The van der Waals surface area contributed by atoms with Crippen molar-refractivity contribution < 1.29 is 9.47 Å². The van der Waals surface area contributed by atoms with Crippen LogP contribution in [-0.2, 0) is 20.7 Å². The van der Waals surface area contributed by atoms with E-state index in [2.05, 4.69) is 166 Å². The van der Waals surface area contributed by atoms with Crippen molar-refractivity contribution >= 4 is 11.8 Å². The third-order valence-corrected chi connectivity index (χ3v) is 10.00. The average Bonchev–Trinajstić information content (AvgIpc) is 3.59. The molecule has 0 spiro atoms. The zero-order valence-electron chi connectivity index (χ0n) is 29.8. The number of aliphatic imine (C=N–C) groups is 2. The summed E-state index contributed by atoms with van der Waals surface area (Å²) in [6.07, 6.45) is 0.373. The molecule has 0 aromatic heterocycles. The van der Waals surface area contributed by atoms with E-state index in [4.69, 9.17) is 19.5 Å². The van der Waals surface area contributed by atoms with Gasteiger partial charge in [0.2, 0.25) is 0 Å². The quantitative estimate of drug-likeness (QED) is 0.214. The highest BCUT2D eigenvalue weighted by Gasteiger charge is 2.58. The predicted molar refractivity (Wildman–Crippen MR) is 194 cm³/mol. The van der Waals surface area contributed by atoms with Crippen LogP contribution in [0.3, 0.4) is 0 Å². The summed E-state index contributed by atoms with van der Waals surface area (Å²) in [4.78, 5) is 10.9. The maximum atomic E-state index is 7.32. The van der Waals surface area contributed by atoms with Gasteiger partial charge >= 0.3 is 0 Å². The molecule has 4 nitrogen and oxygen atoms in total. The Morgan fingerprint density at radius 2 is 0.723 bits per heavy atom. The van der Waals surface area contributed by atoms with Crippen molar-refractivity contribution in [1.82, 2.24) is 0 Å². The van der Waals surface area contributed by atoms with Gasteiger partial charge in [-0.2, -0.15) is 0 Å². The highest BCUT2D eigenvalue weighted by molar-refractivity contribution is 5.99. The Bertz CT molecular complexity index is 1630. The summed E-state index contributed by atoms with van der Waals surface area (Å²) in [6, 6.07) is 34.0. The molecule has 0 N–H and O–H groups in total. The van der Waals surface area contributed by atoms with E-state index in [1.54, 1.807) is 0 Å². The molecule has 0 unspecified atom stereocenters. The minimum atomic E-state index is -0.796. The van der Waals surface area contributed by atoms with Crippen LogP contribution in [-0.4, -0.2) is 23.9 Å². The van der Waals surface area contributed by atoms with E-state index in [0.29, 0.717) is 18.2 Å². The molecule has 2 heterocycles. The molecule has 0 amide bonds. The van der Waals surface area contributed by atoms with Gasteiger partial charge in [-0.15, -0.1) is 0 Å². The van der Waals surface area contributed by atoms with Crippen LogP contribution >= 0.6 is 0 Å². The van der Waals surface area contributed by atoms with E-state index in [1.165, 1.54) is 22.3 Å². The molecule has 0 saturated heterocycles. The zero-order valence-corrected chi connectivity index (χ0v) is 29.8. The lowest BCUT2D eigenvalue weighted by atomic mass is 9.68. The minimum Gasteiger partial charge on any atom is -0.462 e. The molecule has 0 saturated carbocycles. The number of hydrogen-bond acceptors (Lipinski definition) is 4. The van der Waals surface area contributed by atoms with Crippen molar-refractivity contribution in [1.29, 1.82) is 0 Å². The van der Waals surface area contributed by atoms with E-state index >= 15 is 0 Å². The monoisotopic (exact) mass is 626 g/mol. The molecule has 0 aliphatic carbocycles. The number of rotatable bonds is 6. The Morgan fingerprint density at radius 1 is 0.468 bits per heavy atom. The third-order valence-electron chi connectivity index (χ3n) is 10.00. The summed E-state index contributed by atoms with van der Waals surface area (Å²) >= 11 is 0. The van der Waals surface area contributed by atoms with Crippen molar-refractivity contribution in [3.63, 3.8) is 0 Å². The normalized spacial score (nSPS) is 20.3. The van der Waals surface area contributed by atoms with E-state index in [0.717, 1.165) is 22.3 Å². The number of ether oxygens (including phenoxy) is 2. The van der Waals surface area contributed by atoms with Crippen molar-refractivity contribution in [2.24, 2.45) is 20.8 Å². The first-order valence-corrected chi connectivity index (χ1v) is 17.0. The summed E-state index contributed by atoms with van der Waals surface area (Å²) < 4.78 is 14.6. The molecule has 2 atom stereocenters. The van der Waals surface area contributed by atoms with E-state index < -0.39 is 11.2 Å². The first-order chi connectivity index (χ1) is 22.2. The molecule has 4 heteroatoms. The van der Waals surface area contributed by atoms with Gasteiger partial charge in [0.05, 0.1) is 6.42 Å². The molecule has 47 heavy (non-hydrogen) atoms.